The van der Waals surface area contributed by atoms with E-state index in [0.717, 1.165) is 22.6 Å². The van der Waals surface area contributed by atoms with E-state index in [9.17, 15) is 9.59 Å². The number of hydrogen-bond acceptors (Lipinski definition) is 3. The second-order valence-electron chi connectivity index (χ2n) is 6.54. The maximum Gasteiger partial charge on any atom is 0.410 e. The highest BCUT2D eigenvalue weighted by molar-refractivity contribution is 5.83. The van der Waals surface area contributed by atoms with Crippen molar-refractivity contribution in [2.45, 2.75) is 39.3 Å². The molecule has 23 heavy (non-hydrogen) atoms. The summed E-state index contributed by atoms with van der Waals surface area (Å²) in [6, 6.07) is 14.2. The molecule has 2 aromatic carbocycles. The van der Waals surface area contributed by atoms with Gasteiger partial charge in [-0.25, -0.2) is 4.79 Å². The second-order valence-corrected chi connectivity index (χ2v) is 6.54. The fourth-order valence-electron chi connectivity index (χ4n) is 2.33. The predicted octanol–water partition coefficient (Wildman–Crippen LogP) is 4.17. The summed E-state index contributed by atoms with van der Waals surface area (Å²) < 4.78 is 5.43. The maximum absolute atomic E-state index is 12.3. The van der Waals surface area contributed by atoms with Gasteiger partial charge in [-0.2, -0.15) is 0 Å². The van der Waals surface area contributed by atoms with Gasteiger partial charge in [0.25, 0.3) is 0 Å². The third-order valence-corrected chi connectivity index (χ3v) is 3.36. The molecule has 0 aliphatic rings. The van der Waals surface area contributed by atoms with Crippen LogP contribution in [0.3, 0.4) is 0 Å². The second kappa shape index (κ2) is 7.27. The number of rotatable bonds is 5. The van der Waals surface area contributed by atoms with Gasteiger partial charge >= 0.3 is 6.09 Å². The van der Waals surface area contributed by atoms with Crippen LogP contribution in [0.1, 0.15) is 32.8 Å². The molecule has 0 unspecified atom stereocenters. The van der Waals surface area contributed by atoms with Crippen LogP contribution in [-0.4, -0.2) is 29.4 Å². The highest BCUT2D eigenvalue weighted by Gasteiger charge is 2.22. The molecule has 0 aromatic heterocycles. The van der Waals surface area contributed by atoms with Crippen molar-refractivity contribution in [3.05, 3.63) is 48.0 Å². The minimum atomic E-state index is -0.556. The van der Waals surface area contributed by atoms with Gasteiger partial charge in [0.05, 0.1) is 0 Å². The first-order valence-corrected chi connectivity index (χ1v) is 7.78. The molecule has 0 aliphatic heterocycles. The van der Waals surface area contributed by atoms with Crippen LogP contribution in [0.2, 0.25) is 0 Å². The van der Waals surface area contributed by atoms with Crippen molar-refractivity contribution in [3.63, 3.8) is 0 Å². The fourth-order valence-corrected chi connectivity index (χ4v) is 2.33. The predicted molar refractivity (Wildman–Crippen MR) is 91.3 cm³/mol. The Labute approximate surface area is 137 Å². The summed E-state index contributed by atoms with van der Waals surface area (Å²) in [6.07, 6.45) is 0.720. The Balaban J connectivity index is 2.17. The van der Waals surface area contributed by atoms with Gasteiger partial charge in [-0.1, -0.05) is 36.4 Å². The molecule has 0 saturated carbocycles. The van der Waals surface area contributed by atoms with Gasteiger partial charge < -0.3 is 14.4 Å². The summed E-state index contributed by atoms with van der Waals surface area (Å²) in [7, 11) is 0. The number of nitrogens with zero attached hydrogens (tertiary/aromatic N) is 1. The van der Waals surface area contributed by atoms with Crippen LogP contribution in [0.5, 0.6) is 0 Å². The summed E-state index contributed by atoms with van der Waals surface area (Å²) in [4.78, 5) is 24.6. The fraction of sp³-hybridized carbons (Fsp3) is 0.368. The molecule has 0 heterocycles. The third kappa shape index (κ3) is 5.09. The first-order valence-electron chi connectivity index (χ1n) is 7.78. The number of carbonyl (C=O) groups excluding carboxylic acids is 2. The molecule has 4 heteroatoms. The Kier molecular flexibility index (Phi) is 5.37. The number of benzene rings is 2. The summed E-state index contributed by atoms with van der Waals surface area (Å²) >= 11 is 0. The number of aldehydes is 1. The van der Waals surface area contributed by atoms with Crippen LogP contribution in [0, 0.1) is 0 Å². The first kappa shape index (κ1) is 17.0. The normalized spacial score (nSPS) is 11.3. The molecule has 0 spiro atoms. The third-order valence-electron chi connectivity index (χ3n) is 3.36. The molecule has 0 N–H and O–H groups in total. The standard InChI is InChI=1S/C19H23NO3/c1-19(2,3)23-18(22)20(11-6-12-21)14-15-9-10-16-7-4-5-8-17(16)13-15/h4-5,7-10,12-13H,6,11,14H2,1-3H3. The van der Waals surface area contributed by atoms with Gasteiger partial charge in [0.15, 0.2) is 0 Å². The molecule has 0 saturated heterocycles. The van der Waals surface area contributed by atoms with Gasteiger partial charge in [-0.3, -0.25) is 0 Å². The van der Waals surface area contributed by atoms with E-state index in [4.69, 9.17) is 4.74 Å². The molecule has 4 nitrogen and oxygen atoms in total. The van der Waals surface area contributed by atoms with Crippen molar-refractivity contribution in [2.75, 3.05) is 6.54 Å². The Morgan fingerprint density at radius 1 is 1.13 bits per heavy atom. The van der Waals surface area contributed by atoms with Crippen LogP contribution in [-0.2, 0) is 16.1 Å². The highest BCUT2D eigenvalue weighted by Crippen LogP contribution is 2.18. The van der Waals surface area contributed by atoms with Crippen molar-refractivity contribution in [1.82, 2.24) is 4.90 Å². The van der Waals surface area contributed by atoms with E-state index in [0.29, 0.717) is 19.5 Å². The molecule has 122 valence electrons. The molecular formula is C19H23NO3. The Morgan fingerprint density at radius 3 is 2.48 bits per heavy atom. The molecule has 0 aliphatic carbocycles. The average molecular weight is 313 g/mol. The number of amides is 1. The Hall–Kier alpha value is -2.36. The summed E-state index contributed by atoms with van der Waals surface area (Å²) in [5.74, 6) is 0. The van der Waals surface area contributed by atoms with Gasteiger partial charge in [0.1, 0.15) is 11.9 Å². The molecule has 2 aromatic rings. The van der Waals surface area contributed by atoms with Crippen molar-refractivity contribution in [3.8, 4) is 0 Å². The van der Waals surface area contributed by atoms with Crippen LogP contribution in [0.25, 0.3) is 10.8 Å². The molecule has 0 fully saturated rings. The van der Waals surface area contributed by atoms with Crippen LogP contribution < -0.4 is 0 Å². The monoisotopic (exact) mass is 313 g/mol. The lowest BCUT2D eigenvalue weighted by Crippen LogP contribution is -2.37. The zero-order valence-corrected chi connectivity index (χ0v) is 13.9. The molecular weight excluding hydrogens is 290 g/mol. The SMILES string of the molecule is CC(C)(C)OC(=O)N(CCC=O)Cc1ccc2ccccc2c1. The Bertz CT molecular complexity index is 688. The quantitative estimate of drug-likeness (QED) is 0.778. The van der Waals surface area contributed by atoms with E-state index in [1.54, 1.807) is 4.90 Å². The van der Waals surface area contributed by atoms with Gasteiger partial charge in [0.2, 0.25) is 0 Å². The lowest BCUT2D eigenvalue weighted by Gasteiger charge is -2.27. The minimum Gasteiger partial charge on any atom is -0.444 e. The van der Waals surface area contributed by atoms with E-state index in [1.807, 2.05) is 51.1 Å². The summed E-state index contributed by atoms with van der Waals surface area (Å²) in [5, 5.41) is 2.29. The van der Waals surface area contributed by atoms with Crippen molar-refractivity contribution in [2.24, 2.45) is 0 Å². The largest absolute Gasteiger partial charge is 0.444 e. The smallest absolute Gasteiger partial charge is 0.410 e. The van der Waals surface area contributed by atoms with Crippen molar-refractivity contribution in [1.29, 1.82) is 0 Å². The topological polar surface area (TPSA) is 46.6 Å². The van der Waals surface area contributed by atoms with Crippen molar-refractivity contribution < 1.29 is 14.3 Å². The van der Waals surface area contributed by atoms with E-state index in [1.165, 1.54) is 0 Å². The molecule has 0 radical (unpaired) electrons. The number of ether oxygens (including phenoxy) is 1. The molecule has 0 atom stereocenters. The number of fused-ring (bicyclic) bond motifs is 1. The summed E-state index contributed by atoms with van der Waals surface area (Å²) in [6.45, 7) is 6.27. The molecule has 1 amide bonds. The van der Waals surface area contributed by atoms with E-state index < -0.39 is 11.7 Å². The van der Waals surface area contributed by atoms with Gasteiger partial charge in [-0.15, -0.1) is 0 Å². The van der Waals surface area contributed by atoms with E-state index in [-0.39, 0.29) is 0 Å². The molecule has 2 rings (SSSR count). The van der Waals surface area contributed by atoms with Crippen LogP contribution >= 0.6 is 0 Å². The van der Waals surface area contributed by atoms with Gasteiger partial charge in [0, 0.05) is 19.5 Å². The zero-order valence-electron chi connectivity index (χ0n) is 13.9. The first-order chi connectivity index (χ1) is 10.9. The van der Waals surface area contributed by atoms with Gasteiger partial charge in [-0.05, 0) is 43.2 Å². The lowest BCUT2D eigenvalue weighted by atomic mass is 10.1. The van der Waals surface area contributed by atoms with Crippen molar-refractivity contribution >= 4 is 23.2 Å². The van der Waals surface area contributed by atoms with E-state index >= 15 is 0 Å². The summed E-state index contributed by atoms with van der Waals surface area (Å²) in [5.41, 5.74) is 0.459. The minimum absolute atomic E-state index is 0.298. The molecule has 0 bridgehead atoms. The Morgan fingerprint density at radius 2 is 1.83 bits per heavy atom. The maximum atomic E-state index is 12.3. The number of carbonyl (C=O) groups is 2. The highest BCUT2D eigenvalue weighted by atomic mass is 16.6. The number of hydrogen-bond donors (Lipinski definition) is 0. The zero-order chi connectivity index (χ0) is 16.9. The van der Waals surface area contributed by atoms with E-state index in [2.05, 4.69) is 12.1 Å². The van der Waals surface area contributed by atoms with Crippen LogP contribution in [0.4, 0.5) is 4.79 Å². The van der Waals surface area contributed by atoms with Crippen LogP contribution in [0.15, 0.2) is 42.5 Å². The lowest BCUT2D eigenvalue weighted by molar-refractivity contribution is -0.108. The average Bonchev–Trinajstić information content (AvgIpc) is 2.49.